The number of aliphatic carboxylic acids is 1. The van der Waals surface area contributed by atoms with E-state index in [4.69, 9.17) is 5.11 Å². The summed E-state index contributed by atoms with van der Waals surface area (Å²) >= 11 is 0. The van der Waals surface area contributed by atoms with Crippen LogP contribution in [0.4, 0.5) is 0 Å². The Kier molecular flexibility index (Phi) is 3.99. The van der Waals surface area contributed by atoms with Crippen molar-refractivity contribution in [3.05, 3.63) is 0 Å². The lowest BCUT2D eigenvalue weighted by Crippen LogP contribution is -2.46. The third kappa shape index (κ3) is 3.43. The van der Waals surface area contributed by atoms with Crippen molar-refractivity contribution in [2.75, 3.05) is 13.1 Å². The molecular formula is C12H20N2O3. The Bertz CT molecular complexity index is 294. The molecule has 0 atom stereocenters. The molecule has 2 aliphatic rings. The SMILES string of the molecule is O=C(CC1CNC1)NC1CCC(C(=O)O)CC1. The van der Waals surface area contributed by atoms with Gasteiger partial charge >= 0.3 is 5.97 Å². The number of rotatable bonds is 4. The number of amides is 1. The summed E-state index contributed by atoms with van der Waals surface area (Å²) < 4.78 is 0. The van der Waals surface area contributed by atoms with E-state index in [0.29, 0.717) is 25.2 Å². The zero-order valence-electron chi connectivity index (χ0n) is 9.95. The zero-order valence-corrected chi connectivity index (χ0v) is 9.95. The van der Waals surface area contributed by atoms with Crippen LogP contribution in [0.5, 0.6) is 0 Å². The largest absolute Gasteiger partial charge is 0.481 e. The second-order valence-electron chi connectivity index (χ2n) is 5.18. The van der Waals surface area contributed by atoms with Crippen molar-refractivity contribution in [3.8, 4) is 0 Å². The van der Waals surface area contributed by atoms with E-state index in [9.17, 15) is 9.59 Å². The maximum atomic E-state index is 11.7. The molecule has 1 saturated carbocycles. The van der Waals surface area contributed by atoms with Gasteiger partial charge in [0, 0.05) is 12.5 Å². The van der Waals surface area contributed by atoms with Gasteiger partial charge in [-0.1, -0.05) is 0 Å². The molecule has 0 aromatic carbocycles. The van der Waals surface area contributed by atoms with E-state index >= 15 is 0 Å². The van der Waals surface area contributed by atoms with Crippen molar-refractivity contribution in [2.24, 2.45) is 11.8 Å². The smallest absolute Gasteiger partial charge is 0.306 e. The first-order valence-electron chi connectivity index (χ1n) is 6.38. The average Bonchev–Trinajstić information content (AvgIpc) is 2.24. The molecule has 0 radical (unpaired) electrons. The fourth-order valence-corrected chi connectivity index (χ4v) is 2.53. The Balaban J connectivity index is 1.66. The monoisotopic (exact) mass is 240 g/mol. The van der Waals surface area contributed by atoms with Crippen LogP contribution >= 0.6 is 0 Å². The quantitative estimate of drug-likeness (QED) is 0.663. The summed E-state index contributed by atoms with van der Waals surface area (Å²) in [6, 6.07) is 0.186. The second-order valence-corrected chi connectivity index (χ2v) is 5.18. The molecule has 3 N–H and O–H groups in total. The number of carbonyl (C=O) groups excluding carboxylic acids is 1. The molecule has 0 unspecified atom stereocenters. The Labute approximate surface area is 101 Å². The number of carboxylic acids is 1. The van der Waals surface area contributed by atoms with Gasteiger partial charge in [0.25, 0.3) is 0 Å². The highest BCUT2D eigenvalue weighted by atomic mass is 16.4. The van der Waals surface area contributed by atoms with Crippen LogP contribution < -0.4 is 10.6 Å². The predicted molar refractivity (Wildman–Crippen MR) is 62.5 cm³/mol. The van der Waals surface area contributed by atoms with E-state index in [1.165, 1.54) is 0 Å². The molecule has 1 saturated heterocycles. The van der Waals surface area contributed by atoms with Gasteiger partial charge in [0.05, 0.1) is 5.92 Å². The molecule has 1 amide bonds. The van der Waals surface area contributed by atoms with Gasteiger partial charge in [0.1, 0.15) is 0 Å². The minimum absolute atomic E-state index is 0.121. The van der Waals surface area contributed by atoms with Crippen molar-refractivity contribution in [2.45, 2.75) is 38.1 Å². The second kappa shape index (κ2) is 5.49. The van der Waals surface area contributed by atoms with Crippen LogP contribution in [0.1, 0.15) is 32.1 Å². The van der Waals surface area contributed by atoms with Crippen LogP contribution in [0.25, 0.3) is 0 Å². The fourth-order valence-electron chi connectivity index (χ4n) is 2.53. The van der Waals surface area contributed by atoms with Crippen LogP contribution in [-0.2, 0) is 9.59 Å². The molecule has 0 aromatic rings. The summed E-state index contributed by atoms with van der Waals surface area (Å²) in [6.07, 6.45) is 3.57. The molecule has 0 spiro atoms. The van der Waals surface area contributed by atoms with Crippen molar-refractivity contribution in [1.29, 1.82) is 0 Å². The molecule has 2 fully saturated rings. The van der Waals surface area contributed by atoms with Gasteiger partial charge < -0.3 is 15.7 Å². The molecule has 17 heavy (non-hydrogen) atoms. The Morgan fingerprint density at radius 3 is 2.29 bits per heavy atom. The van der Waals surface area contributed by atoms with E-state index < -0.39 is 5.97 Å². The molecule has 96 valence electrons. The summed E-state index contributed by atoms with van der Waals surface area (Å²) in [7, 11) is 0. The molecular weight excluding hydrogens is 220 g/mol. The first-order chi connectivity index (χ1) is 8.15. The number of hydrogen-bond donors (Lipinski definition) is 3. The maximum absolute atomic E-state index is 11.7. The Morgan fingerprint density at radius 1 is 1.18 bits per heavy atom. The van der Waals surface area contributed by atoms with Gasteiger partial charge in [-0.3, -0.25) is 9.59 Å². The van der Waals surface area contributed by atoms with Crippen molar-refractivity contribution in [3.63, 3.8) is 0 Å². The summed E-state index contributed by atoms with van der Waals surface area (Å²) in [4.78, 5) is 22.5. The first-order valence-corrected chi connectivity index (χ1v) is 6.38. The average molecular weight is 240 g/mol. The van der Waals surface area contributed by atoms with Gasteiger partial charge in [0.15, 0.2) is 0 Å². The molecule has 1 aliphatic carbocycles. The van der Waals surface area contributed by atoms with Crippen LogP contribution in [0.3, 0.4) is 0 Å². The van der Waals surface area contributed by atoms with Gasteiger partial charge in [-0.25, -0.2) is 0 Å². The molecule has 5 nitrogen and oxygen atoms in total. The fraction of sp³-hybridized carbons (Fsp3) is 0.833. The summed E-state index contributed by atoms with van der Waals surface area (Å²) in [6.45, 7) is 1.89. The lowest BCUT2D eigenvalue weighted by molar-refractivity contribution is -0.142. The standard InChI is InChI=1S/C12H20N2O3/c15-11(5-8-6-13-7-8)14-10-3-1-9(2-4-10)12(16)17/h8-10,13H,1-7H2,(H,14,15)(H,16,17). The lowest BCUT2D eigenvalue weighted by Gasteiger charge is -2.29. The number of carbonyl (C=O) groups is 2. The number of hydrogen-bond acceptors (Lipinski definition) is 3. The summed E-state index contributed by atoms with van der Waals surface area (Å²) in [5.74, 6) is -0.296. The first kappa shape index (κ1) is 12.4. The zero-order chi connectivity index (χ0) is 12.3. The summed E-state index contributed by atoms with van der Waals surface area (Å²) in [5.41, 5.74) is 0. The van der Waals surface area contributed by atoms with Gasteiger partial charge in [-0.2, -0.15) is 0 Å². The highest BCUT2D eigenvalue weighted by Gasteiger charge is 2.27. The Hall–Kier alpha value is -1.10. The van der Waals surface area contributed by atoms with Crippen molar-refractivity contribution >= 4 is 11.9 Å². The predicted octanol–water partition coefficient (Wildman–Crippen LogP) is 0.355. The maximum Gasteiger partial charge on any atom is 0.306 e. The normalized spacial score (nSPS) is 29.4. The van der Waals surface area contributed by atoms with E-state index in [2.05, 4.69) is 10.6 Å². The van der Waals surface area contributed by atoms with Gasteiger partial charge in [-0.05, 0) is 44.7 Å². The van der Waals surface area contributed by atoms with Gasteiger partial charge in [0.2, 0.25) is 5.91 Å². The van der Waals surface area contributed by atoms with Crippen LogP contribution in [0.15, 0.2) is 0 Å². The third-order valence-electron chi connectivity index (χ3n) is 3.78. The van der Waals surface area contributed by atoms with Gasteiger partial charge in [-0.15, -0.1) is 0 Å². The van der Waals surface area contributed by atoms with Crippen LogP contribution in [0, 0.1) is 11.8 Å². The number of nitrogens with one attached hydrogen (secondary N) is 2. The minimum Gasteiger partial charge on any atom is -0.481 e. The highest BCUT2D eigenvalue weighted by Crippen LogP contribution is 2.24. The van der Waals surface area contributed by atoms with Crippen molar-refractivity contribution in [1.82, 2.24) is 10.6 Å². The van der Waals surface area contributed by atoms with E-state index in [1.54, 1.807) is 0 Å². The van der Waals surface area contributed by atoms with Crippen LogP contribution in [-0.4, -0.2) is 36.1 Å². The molecule has 5 heteroatoms. The highest BCUT2D eigenvalue weighted by molar-refractivity contribution is 5.76. The molecule has 1 heterocycles. The summed E-state index contributed by atoms with van der Waals surface area (Å²) in [5, 5.41) is 15.0. The minimum atomic E-state index is -0.699. The van der Waals surface area contributed by atoms with Crippen molar-refractivity contribution < 1.29 is 14.7 Å². The van der Waals surface area contributed by atoms with E-state index in [0.717, 1.165) is 25.9 Å². The van der Waals surface area contributed by atoms with Crippen LogP contribution in [0.2, 0.25) is 0 Å². The molecule has 1 aliphatic heterocycles. The lowest BCUT2D eigenvalue weighted by atomic mass is 9.86. The molecule has 0 bridgehead atoms. The topological polar surface area (TPSA) is 78.4 Å². The molecule has 0 aromatic heterocycles. The van der Waals surface area contributed by atoms with E-state index in [-0.39, 0.29) is 17.9 Å². The third-order valence-corrected chi connectivity index (χ3v) is 3.78. The molecule has 2 rings (SSSR count). The Morgan fingerprint density at radius 2 is 1.82 bits per heavy atom. The van der Waals surface area contributed by atoms with E-state index in [1.807, 2.05) is 0 Å². The number of carboxylic acid groups (broad SMARTS) is 1.